The lowest BCUT2D eigenvalue weighted by molar-refractivity contribution is -0.136. The van der Waals surface area contributed by atoms with Crippen LogP contribution in [0.1, 0.15) is 20.9 Å². The molecular weight excluding hydrogens is 281 g/mol. The SMILES string of the molecule is COC(=O)c1sc2nc(C)cc(C(F)(F)F)c2c1N. The number of aryl methyl sites for hydroxylation is 1. The molecule has 0 unspecified atom stereocenters. The van der Waals surface area contributed by atoms with Gasteiger partial charge in [-0.15, -0.1) is 11.3 Å². The Bertz CT molecular complexity index is 664. The molecule has 0 bridgehead atoms. The Kier molecular flexibility index (Phi) is 3.13. The lowest BCUT2D eigenvalue weighted by atomic mass is 10.1. The third kappa shape index (κ3) is 2.23. The molecule has 0 fully saturated rings. The summed E-state index contributed by atoms with van der Waals surface area (Å²) in [6.45, 7) is 1.45. The molecule has 8 heteroatoms. The Balaban J connectivity index is 2.84. The Morgan fingerprint density at radius 2 is 2.11 bits per heavy atom. The van der Waals surface area contributed by atoms with Crippen LogP contribution in [0.5, 0.6) is 0 Å². The van der Waals surface area contributed by atoms with Crippen molar-refractivity contribution in [3.8, 4) is 0 Å². The molecule has 0 aromatic carbocycles. The molecule has 2 rings (SSSR count). The Labute approximate surface area is 110 Å². The zero-order valence-electron chi connectivity index (χ0n) is 9.96. The van der Waals surface area contributed by atoms with Crippen LogP contribution in [0.3, 0.4) is 0 Å². The first-order valence-corrected chi connectivity index (χ1v) is 5.92. The maximum Gasteiger partial charge on any atom is 0.417 e. The summed E-state index contributed by atoms with van der Waals surface area (Å²) in [7, 11) is 1.13. The molecule has 2 N–H and O–H groups in total. The summed E-state index contributed by atoms with van der Waals surface area (Å²) in [6, 6.07) is 0.909. The molecule has 2 heterocycles. The third-order valence-electron chi connectivity index (χ3n) is 2.50. The number of thiophene rings is 1. The zero-order valence-corrected chi connectivity index (χ0v) is 10.8. The molecule has 102 valence electrons. The molecule has 0 spiro atoms. The van der Waals surface area contributed by atoms with Gasteiger partial charge in [-0.2, -0.15) is 13.2 Å². The zero-order chi connectivity index (χ0) is 14.4. The van der Waals surface area contributed by atoms with Gasteiger partial charge in [0, 0.05) is 11.1 Å². The highest BCUT2D eigenvalue weighted by molar-refractivity contribution is 7.21. The molecule has 2 aromatic rings. The molecule has 0 amide bonds. The fourth-order valence-corrected chi connectivity index (χ4v) is 2.80. The van der Waals surface area contributed by atoms with Crippen molar-refractivity contribution in [3.05, 3.63) is 22.2 Å². The number of rotatable bonds is 1. The predicted molar refractivity (Wildman–Crippen MR) is 65.1 cm³/mol. The first-order valence-electron chi connectivity index (χ1n) is 5.10. The van der Waals surface area contributed by atoms with E-state index in [4.69, 9.17) is 5.73 Å². The number of anilines is 1. The van der Waals surface area contributed by atoms with Gasteiger partial charge in [0.05, 0.1) is 18.4 Å². The van der Waals surface area contributed by atoms with Crippen molar-refractivity contribution in [1.82, 2.24) is 4.98 Å². The smallest absolute Gasteiger partial charge is 0.417 e. The number of nitrogen functional groups attached to an aromatic ring is 1. The maximum atomic E-state index is 13.0. The first-order chi connectivity index (χ1) is 8.75. The number of carbonyl (C=O) groups is 1. The summed E-state index contributed by atoms with van der Waals surface area (Å²) in [5, 5.41) is -0.247. The third-order valence-corrected chi connectivity index (χ3v) is 3.58. The van der Waals surface area contributed by atoms with Crippen LogP contribution in [-0.2, 0) is 10.9 Å². The number of fused-ring (bicyclic) bond motifs is 1. The molecule has 0 aliphatic carbocycles. The molecule has 19 heavy (non-hydrogen) atoms. The molecule has 0 aliphatic rings. The second-order valence-corrected chi connectivity index (χ2v) is 4.82. The number of halogens is 3. The number of nitrogens with two attached hydrogens (primary N) is 1. The molecule has 0 atom stereocenters. The minimum atomic E-state index is -4.56. The van der Waals surface area contributed by atoms with E-state index < -0.39 is 17.7 Å². The number of hydrogen-bond donors (Lipinski definition) is 1. The lowest BCUT2D eigenvalue weighted by Gasteiger charge is -2.09. The topological polar surface area (TPSA) is 65.2 Å². The maximum absolute atomic E-state index is 13.0. The Hall–Kier alpha value is -1.83. The summed E-state index contributed by atoms with van der Waals surface area (Å²) >= 11 is 0.790. The average Bonchev–Trinajstić information content (AvgIpc) is 2.63. The average molecular weight is 290 g/mol. The lowest BCUT2D eigenvalue weighted by Crippen LogP contribution is -2.08. The highest BCUT2D eigenvalue weighted by atomic mass is 32.1. The van der Waals surface area contributed by atoms with Gasteiger partial charge in [-0.25, -0.2) is 9.78 Å². The van der Waals surface area contributed by atoms with Crippen LogP contribution < -0.4 is 5.73 Å². The summed E-state index contributed by atoms with van der Waals surface area (Å²) in [5.41, 5.74) is 4.70. The van der Waals surface area contributed by atoms with E-state index in [-0.39, 0.29) is 26.5 Å². The fraction of sp³-hybridized carbons (Fsp3) is 0.273. The second kappa shape index (κ2) is 4.37. The van der Waals surface area contributed by atoms with E-state index in [2.05, 4.69) is 9.72 Å². The first kappa shape index (κ1) is 13.6. The van der Waals surface area contributed by atoms with E-state index in [1.807, 2.05) is 0 Å². The van der Waals surface area contributed by atoms with Crippen LogP contribution in [0.15, 0.2) is 6.07 Å². The highest BCUT2D eigenvalue weighted by Gasteiger charge is 2.35. The van der Waals surface area contributed by atoms with E-state index in [9.17, 15) is 18.0 Å². The molecule has 2 aromatic heterocycles. The summed E-state index contributed by atoms with van der Waals surface area (Å²) in [4.78, 5) is 15.4. The molecule has 0 saturated carbocycles. The van der Waals surface area contributed by atoms with Gasteiger partial charge in [0.2, 0.25) is 0 Å². The molecular formula is C11H9F3N2O2S. The quantitative estimate of drug-likeness (QED) is 0.820. The number of carbonyl (C=O) groups excluding carboxylic acids is 1. The van der Waals surface area contributed by atoms with Gasteiger partial charge in [0.15, 0.2) is 0 Å². The van der Waals surface area contributed by atoms with Gasteiger partial charge in [-0.05, 0) is 13.0 Å². The van der Waals surface area contributed by atoms with Crippen molar-refractivity contribution in [2.45, 2.75) is 13.1 Å². The van der Waals surface area contributed by atoms with Gasteiger partial charge < -0.3 is 10.5 Å². The normalized spacial score (nSPS) is 11.8. The standard InChI is InChI=1S/C11H9F3N2O2S/c1-4-3-5(11(12,13)14)6-7(15)8(10(17)18-2)19-9(6)16-4/h3H,15H2,1-2H3. The van der Waals surface area contributed by atoms with Crippen molar-refractivity contribution < 1.29 is 22.7 Å². The van der Waals surface area contributed by atoms with Gasteiger partial charge in [-0.1, -0.05) is 0 Å². The van der Waals surface area contributed by atoms with Gasteiger partial charge >= 0.3 is 12.1 Å². The van der Waals surface area contributed by atoms with Crippen LogP contribution >= 0.6 is 11.3 Å². The van der Waals surface area contributed by atoms with E-state index in [1.54, 1.807) is 0 Å². The monoisotopic (exact) mass is 290 g/mol. The van der Waals surface area contributed by atoms with Crippen molar-refractivity contribution in [2.75, 3.05) is 12.8 Å². The Morgan fingerprint density at radius 3 is 2.63 bits per heavy atom. The molecule has 0 saturated heterocycles. The highest BCUT2D eigenvalue weighted by Crippen LogP contribution is 2.42. The Morgan fingerprint density at radius 1 is 1.47 bits per heavy atom. The van der Waals surface area contributed by atoms with Crippen LogP contribution in [0.2, 0.25) is 0 Å². The van der Waals surface area contributed by atoms with E-state index in [1.165, 1.54) is 6.92 Å². The van der Waals surface area contributed by atoms with E-state index in [0.29, 0.717) is 0 Å². The summed E-state index contributed by atoms with van der Waals surface area (Å²) in [5.74, 6) is -0.772. The van der Waals surface area contributed by atoms with Crippen LogP contribution in [0.25, 0.3) is 10.2 Å². The molecule has 0 radical (unpaired) electrons. The van der Waals surface area contributed by atoms with Crippen LogP contribution in [-0.4, -0.2) is 18.1 Å². The fourth-order valence-electron chi connectivity index (χ4n) is 1.71. The number of aromatic nitrogens is 1. The van der Waals surface area contributed by atoms with E-state index >= 15 is 0 Å². The van der Waals surface area contributed by atoms with Gasteiger partial charge in [0.1, 0.15) is 9.71 Å². The second-order valence-electron chi connectivity index (χ2n) is 3.83. The largest absolute Gasteiger partial charge is 0.465 e. The van der Waals surface area contributed by atoms with Crippen LogP contribution in [0.4, 0.5) is 18.9 Å². The van der Waals surface area contributed by atoms with Crippen LogP contribution in [0, 0.1) is 6.92 Å². The number of alkyl halides is 3. The number of hydrogen-bond acceptors (Lipinski definition) is 5. The molecule has 0 aliphatic heterocycles. The summed E-state index contributed by atoms with van der Waals surface area (Å²) < 4.78 is 43.4. The number of ether oxygens (including phenoxy) is 1. The number of pyridine rings is 1. The number of nitrogens with zero attached hydrogens (tertiary/aromatic N) is 1. The number of methoxy groups -OCH3 is 1. The number of esters is 1. The summed E-state index contributed by atoms with van der Waals surface area (Å²) in [6.07, 6.45) is -4.56. The predicted octanol–water partition coefficient (Wildman–Crippen LogP) is 2.99. The van der Waals surface area contributed by atoms with Crippen molar-refractivity contribution in [3.63, 3.8) is 0 Å². The van der Waals surface area contributed by atoms with Gasteiger partial charge in [-0.3, -0.25) is 0 Å². The van der Waals surface area contributed by atoms with Crippen molar-refractivity contribution in [1.29, 1.82) is 0 Å². The minimum Gasteiger partial charge on any atom is -0.465 e. The van der Waals surface area contributed by atoms with Gasteiger partial charge in [0.25, 0.3) is 0 Å². The van der Waals surface area contributed by atoms with Crippen molar-refractivity contribution in [2.24, 2.45) is 0 Å². The van der Waals surface area contributed by atoms with E-state index in [0.717, 1.165) is 24.5 Å². The molecule has 4 nitrogen and oxygen atoms in total. The minimum absolute atomic E-state index is 0.0684. The van der Waals surface area contributed by atoms with Crippen molar-refractivity contribution >= 4 is 33.2 Å².